The van der Waals surface area contributed by atoms with Crippen molar-refractivity contribution >= 4 is 34.5 Å². The molecule has 1 aromatic heterocycles. The number of likely N-dealkylation sites (tertiary alicyclic amines) is 1. The van der Waals surface area contributed by atoms with Crippen molar-refractivity contribution in [2.24, 2.45) is 13.0 Å². The van der Waals surface area contributed by atoms with Crippen molar-refractivity contribution in [2.45, 2.75) is 76.9 Å². The average Bonchev–Trinajstić information content (AvgIpc) is 3.20. The van der Waals surface area contributed by atoms with Crippen molar-refractivity contribution in [3.63, 3.8) is 0 Å². The monoisotopic (exact) mass is 538 g/mol. The largest absolute Gasteiger partial charge is 0.444 e. The molecule has 2 N–H and O–H groups in total. The van der Waals surface area contributed by atoms with Crippen LogP contribution < -0.4 is 15.5 Å². The molecule has 3 aliphatic rings. The van der Waals surface area contributed by atoms with E-state index >= 15 is 0 Å². The Hall–Kier alpha value is -3.14. The third-order valence-corrected chi connectivity index (χ3v) is 8.24. The number of carbonyl (C=O) groups is 3. The van der Waals surface area contributed by atoms with Gasteiger partial charge in [0.2, 0.25) is 11.8 Å². The van der Waals surface area contributed by atoms with Crippen LogP contribution in [0.3, 0.4) is 0 Å². The van der Waals surface area contributed by atoms with Crippen LogP contribution in [0.2, 0.25) is 0 Å². The average molecular weight is 539 g/mol. The number of aryl methyl sites for hydroxylation is 1. The zero-order chi connectivity index (χ0) is 27.7. The van der Waals surface area contributed by atoms with Crippen molar-refractivity contribution in [3.05, 3.63) is 23.9 Å². The summed E-state index contributed by atoms with van der Waals surface area (Å²) in [6, 6.07) is 6.59. The highest BCUT2D eigenvalue weighted by Gasteiger charge is 2.32. The van der Waals surface area contributed by atoms with E-state index in [1.54, 1.807) is 0 Å². The Kier molecular flexibility index (Phi) is 7.84. The first-order chi connectivity index (χ1) is 18.6. The first kappa shape index (κ1) is 27.4. The number of imide groups is 1. The van der Waals surface area contributed by atoms with Crippen LogP contribution in [0.5, 0.6) is 0 Å². The molecule has 5 rings (SSSR count). The van der Waals surface area contributed by atoms with Gasteiger partial charge in [-0.15, -0.1) is 0 Å². The second-order valence-corrected chi connectivity index (χ2v) is 12.4. The predicted molar refractivity (Wildman–Crippen MR) is 150 cm³/mol. The van der Waals surface area contributed by atoms with Crippen LogP contribution in [0.4, 0.5) is 10.5 Å². The molecule has 1 unspecified atom stereocenters. The molecule has 10 heteroatoms. The number of ether oxygens (including phenoxy) is 1. The summed E-state index contributed by atoms with van der Waals surface area (Å²) >= 11 is 0. The Balaban J connectivity index is 1.12. The Bertz CT molecular complexity index is 1220. The molecule has 1 aromatic carbocycles. The quantitative estimate of drug-likeness (QED) is 0.563. The zero-order valence-electron chi connectivity index (χ0n) is 23.7. The lowest BCUT2D eigenvalue weighted by Gasteiger charge is -2.38. The van der Waals surface area contributed by atoms with Crippen LogP contribution in [0.15, 0.2) is 18.2 Å². The van der Waals surface area contributed by atoms with Gasteiger partial charge in [-0.05, 0) is 77.0 Å². The molecule has 3 amide bonds. The van der Waals surface area contributed by atoms with Crippen molar-refractivity contribution in [1.82, 2.24) is 25.3 Å². The number of hydrogen-bond donors (Lipinski definition) is 2. The summed E-state index contributed by atoms with van der Waals surface area (Å²) in [5.74, 6) is -0.162. The van der Waals surface area contributed by atoms with Crippen LogP contribution in [0.1, 0.15) is 70.9 Å². The van der Waals surface area contributed by atoms with Crippen LogP contribution in [-0.4, -0.2) is 77.0 Å². The number of rotatable bonds is 5. The van der Waals surface area contributed by atoms with Gasteiger partial charge in [0.25, 0.3) is 0 Å². The predicted octanol–water partition coefficient (Wildman–Crippen LogP) is 3.30. The van der Waals surface area contributed by atoms with E-state index in [-0.39, 0.29) is 29.9 Å². The smallest absolute Gasteiger partial charge is 0.407 e. The van der Waals surface area contributed by atoms with Gasteiger partial charge in [0, 0.05) is 63.3 Å². The molecule has 3 saturated heterocycles. The normalized spacial score (nSPS) is 22.3. The number of piperidine rings is 3. The summed E-state index contributed by atoms with van der Waals surface area (Å²) in [6.45, 7) is 10.8. The van der Waals surface area contributed by atoms with E-state index in [1.165, 1.54) is 5.69 Å². The van der Waals surface area contributed by atoms with E-state index in [0.717, 1.165) is 75.0 Å². The third kappa shape index (κ3) is 6.54. The molecular formula is C29H42N6O4. The number of hydrogen-bond acceptors (Lipinski definition) is 7. The maximum absolute atomic E-state index is 12.4. The lowest BCUT2D eigenvalue weighted by molar-refractivity contribution is -0.134. The summed E-state index contributed by atoms with van der Waals surface area (Å²) in [5.41, 5.74) is 2.49. The molecule has 10 nitrogen and oxygen atoms in total. The molecule has 212 valence electrons. The van der Waals surface area contributed by atoms with Crippen LogP contribution in [0.25, 0.3) is 10.9 Å². The Morgan fingerprint density at radius 1 is 1.08 bits per heavy atom. The highest BCUT2D eigenvalue weighted by Crippen LogP contribution is 2.33. The van der Waals surface area contributed by atoms with E-state index in [2.05, 4.69) is 43.7 Å². The van der Waals surface area contributed by atoms with Gasteiger partial charge in [-0.3, -0.25) is 19.6 Å². The Morgan fingerprint density at radius 2 is 1.79 bits per heavy atom. The summed E-state index contributed by atoms with van der Waals surface area (Å²) in [6.07, 6.45) is 4.77. The number of anilines is 1. The molecule has 39 heavy (non-hydrogen) atoms. The van der Waals surface area contributed by atoms with Gasteiger partial charge in [-0.1, -0.05) is 0 Å². The number of benzene rings is 1. The lowest BCUT2D eigenvalue weighted by Crippen LogP contribution is -2.47. The highest BCUT2D eigenvalue weighted by atomic mass is 16.6. The fourth-order valence-electron chi connectivity index (χ4n) is 6.16. The van der Waals surface area contributed by atoms with Crippen molar-refractivity contribution in [2.75, 3.05) is 37.6 Å². The number of carbonyl (C=O) groups excluding carboxylic acids is 3. The van der Waals surface area contributed by atoms with E-state index in [9.17, 15) is 14.4 Å². The Labute approximate surface area is 230 Å². The fourth-order valence-corrected chi connectivity index (χ4v) is 6.16. The summed E-state index contributed by atoms with van der Waals surface area (Å²) in [4.78, 5) is 41.1. The molecular weight excluding hydrogens is 496 g/mol. The SMILES string of the molecule is Cn1nc(C2CCC(=O)NC2=O)c2ccc(N3CCC(CN4CCC(NC(=O)OC(C)(C)C)CC4)CC3)cc21. The molecule has 2 aromatic rings. The van der Waals surface area contributed by atoms with Gasteiger partial charge in [0.15, 0.2) is 0 Å². The standard InChI is InChI=1S/C29H42N6O4/c1-29(2,3)39-28(38)30-20-11-13-34(14-12-20)18-19-9-15-35(16-10-19)21-5-6-22-24(17-21)33(4)32-26(22)23-7-8-25(36)31-27(23)37/h5-6,17,19-20,23H,7-16,18H2,1-4H3,(H,30,38)(H,31,36,37). The van der Waals surface area contributed by atoms with Gasteiger partial charge in [-0.2, -0.15) is 5.10 Å². The fraction of sp³-hybridized carbons (Fsp3) is 0.655. The molecule has 0 bridgehead atoms. The summed E-state index contributed by atoms with van der Waals surface area (Å²) < 4.78 is 7.25. The molecule has 0 saturated carbocycles. The van der Waals surface area contributed by atoms with Gasteiger partial charge >= 0.3 is 6.09 Å². The van der Waals surface area contributed by atoms with Crippen molar-refractivity contribution in [1.29, 1.82) is 0 Å². The number of nitrogens with zero attached hydrogens (tertiary/aromatic N) is 4. The van der Waals surface area contributed by atoms with Gasteiger partial charge in [0.05, 0.1) is 17.1 Å². The molecule has 0 radical (unpaired) electrons. The van der Waals surface area contributed by atoms with Gasteiger partial charge in [0.1, 0.15) is 5.60 Å². The minimum atomic E-state index is -0.470. The number of alkyl carbamates (subject to hydrolysis) is 1. The number of fused-ring (bicyclic) bond motifs is 1. The molecule has 4 heterocycles. The maximum atomic E-state index is 12.4. The molecule has 3 aliphatic heterocycles. The molecule has 0 spiro atoms. The lowest BCUT2D eigenvalue weighted by atomic mass is 9.92. The second-order valence-electron chi connectivity index (χ2n) is 12.4. The van der Waals surface area contributed by atoms with Crippen LogP contribution >= 0.6 is 0 Å². The number of aromatic nitrogens is 2. The van der Waals surface area contributed by atoms with Gasteiger partial charge in [-0.25, -0.2) is 4.79 Å². The van der Waals surface area contributed by atoms with E-state index in [4.69, 9.17) is 4.74 Å². The third-order valence-electron chi connectivity index (χ3n) is 8.24. The van der Waals surface area contributed by atoms with Crippen LogP contribution in [0, 0.1) is 5.92 Å². The molecule has 0 aliphatic carbocycles. The second kappa shape index (κ2) is 11.2. The maximum Gasteiger partial charge on any atom is 0.407 e. The van der Waals surface area contributed by atoms with Crippen molar-refractivity contribution in [3.8, 4) is 0 Å². The first-order valence-electron chi connectivity index (χ1n) is 14.3. The molecule has 1 atom stereocenters. The number of nitrogens with one attached hydrogen (secondary N) is 2. The highest BCUT2D eigenvalue weighted by molar-refractivity contribution is 6.02. The summed E-state index contributed by atoms with van der Waals surface area (Å²) in [5, 5.41) is 11.1. The van der Waals surface area contributed by atoms with E-state index in [0.29, 0.717) is 18.8 Å². The minimum Gasteiger partial charge on any atom is -0.444 e. The number of amides is 3. The van der Waals surface area contributed by atoms with Gasteiger partial charge < -0.3 is 19.9 Å². The van der Waals surface area contributed by atoms with E-state index < -0.39 is 5.60 Å². The zero-order valence-corrected chi connectivity index (χ0v) is 23.7. The van der Waals surface area contributed by atoms with Crippen molar-refractivity contribution < 1.29 is 19.1 Å². The van der Waals surface area contributed by atoms with Crippen LogP contribution in [-0.2, 0) is 21.4 Å². The summed E-state index contributed by atoms with van der Waals surface area (Å²) in [7, 11) is 1.92. The molecule has 3 fully saturated rings. The topological polar surface area (TPSA) is 109 Å². The van der Waals surface area contributed by atoms with E-state index in [1.807, 2.05) is 32.5 Å². The first-order valence-corrected chi connectivity index (χ1v) is 14.3. The Morgan fingerprint density at radius 3 is 2.46 bits per heavy atom. The minimum absolute atomic E-state index is 0.190.